The third kappa shape index (κ3) is 3.40. The SMILES string of the molecule is CCCOc1ccc(S(=O)(=O)N2CCCC2(COC)C(=O)O)cc1. The van der Waals surface area contributed by atoms with Gasteiger partial charge in [-0.1, -0.05) is 6.92 Å². The van der Waals surface area contributed by atoms with E-state index in [-0.39, 0.29) is 24.5 Å². The number of carboxylic acid groups (broad SMARTS) is 1. The summed E-state index contributed by atoms with van der Waals surface area (Å²) < 4.78 is 37.3. The van der Waals surface area contributed by atoms with Gasteiger partial charge in [-0.2, -0.15) is 4.31 Å². The second-order valence-corrected chi connectivity index (χ2v) is 7.63. The summed E-state index contributed by atoms with van der Waals surface area (Å²) in [6.07, 6.45) is 1.56. The first-order chi connectivity index (χ1) is 11.4. The number of ether oxygens (including phenoxy) is 2. The van der Waals surface area contributed by atoms with E-state index < -0.39 is 21.5 Å². The predicted octanol–water partition coefficient (Wildman–Crippen LogP) is 1.73. The molecule has 0 bridgehead atoms. The number of carboxylic acids is 1. The van der Waals surface area contributed by atoms with Gasteiger partial charge in [-0.25, -0.2) is 8.42 Å². The molecule has 1 aliphatic heterocycles. The molecule has 0 radical (unpaired) electrons. The zero-order valence-electron chi connectivity index (χ0n) is 13.9. The van der Waals surface area contributed by atoms with E-state index in [0.717, 1.165) is 10.7 Å². The van der Waals surface area contributed by atoms with E-state index in [9.17, 15) is 18.3 Å². The van der Waals surface area contributed by atoms with E-state index >= 15 is 0 Å². The Hall–Kier alpha value is -1.64. The third-order valence-corrected chi connectivity index (χ3v) is 6.07. The van der Waals surface area contributed by atoms with Crippen LogP contribution in [0.5, 0.6) is 5.75 Å². The summed E-state index contributed by atoms with van der Waals surface area (Å²) in [7, 11) is -2.57. The molecule has 0 aromatic heterocycles. The van der Waals surface area contributed by atoms with Crippen LogP contribution in [-0.4, -0.2) is 56.2 Å². The Labute approximate surface area is 142 Å². The number of hydrogen-bond acceptors (Lipinski definition) is 5. The Morgan fingerprint density at radius 1 is 1.33 bits per heavy atom. The zero-order valence-corrected chi connectivity index (χ0v) is 14.7. The van der Waals surface area contributed by atoms with Gasteiger partial charge in [0, 0.05) is 13.7 Å². The van der Waals surface area contributed by atoms with Crippen LogP contribution in [0.25, 0.3) is 0 Å². The number of hydrogen-bond donors (Lipinski definition) is 1. The highest BCUT2D eigenvalue weighted by molar-refractivity contribution is 7.89. The lowest BCUT2D eigenvalue weighted by molar-refractivity contribution is -0.150. The maximum Gasteiger partial charge on any atom is 0.327 e. The molecule has 1 fully saturated rings. The topological polar surface area (TPSA) is 93.1 Å². The molecule has 0 saturated carbocycles. The number of sulfonamides is 1. The Kier molecular flexibility index (Phi) is 5.84. The second-order valence-electron chi connectivity index (χ2n) is 5.77. The Morgan fingerprint density at radius 2 is 2.00 bits per heavy atom. The number of carbonyl (C=O) groups is 1. The molecule has 1 atom stereocenters. The molecule has 1 aromatic rings. The van der Waals surface area contributed by atoms with Gasteiger partial charge in [0.15, 0.2) is 5.54 Å². The van der Waals surface area contributed by atoms with Gasteiger partial charge in [-0.3, -0.25) is 4.79 Å². The van der Waals surface area contributed by atoms with E-state index in [1.54, 1.807) is 12.1 Å². The highest BCUT2D eigenvalue weighted by Gasteiger charge is 2.53. The lowest BCUT2D eigenvalue weighted by Gasteiger charge is -2.33. The Balaban J connectivity index is 2.33. The van der Waals surface area contributed by atoms with Crippen LogP contribution >= 0.6 is 0 Å². The summed E-state index contributed by atoms with van der Waals surface area (Å²) in [6.45, 7) is 2.51. The molecule has 1 unspecified atom stereocenters. The average molecular weight is 357 g/mol. The van der Waals surface area contributed by atoms with Crippen LogP contribution in [0.1, 0.15) is 26.2 Å². The van der Waals surface area contributed by atoms with Gasteiger partial charge in [0.1, 0.15) is 5.75 Å². The van der Waals surface area contributed by atoms with Gasteiger partial charge in [-0.05, 0) is 43.5 Å². The van der Waals surface area contributed by atoms with Crippen LogP contribution in [-0.2, 0) is 19.6 Å². The smallest absolute Gasteiger partial charge is 0.327 e. The molecule has 24 heavy (non-hydrogen) atoms. The molecular weight excluding hydrogens is 334 g/mol. The molecule has 0 aliphatic carbocycles. The lowest BCUT2D eigenvalue weighted by Crippen LogP contribution is -2.55. The van der Waals surface area contributed by atoms with Gasteiger partial charge >= 0.3 is 5.97 Å². The molecule has 1 N–H and O–H groups in total. The van der Waals surface area contributed by atoms with Crippen molar-refractivity contribution in [3.63, 3.8) is 0 Å². The molecule has 1 saturated heterocycles. The van der Waals surface area contributed by atoms with Crippen molar-refractivity contribution in [2.24, 2.45) is 0 Å². The van der Waals surface area contributed by atoms with Crippen molar-refractivity contribution >= 4 is 16.0 Å². The fraction of sp³-hybridized carbons (Fsp3) is 0.562. The second kappa shape index (κ2) is 7.50. The summed E-state index contributed by atoms with van der Waals surface area (Å²) in [5.74, 6) is -0.605. The monoisotopic (exact) mass is 357 g/mol. The van der Waals surface area contributed by atoms with Crippen LogP contribution in [0.15, 0.2) is 29.2 Å². The van der Waals surface area contributed by atoms with Crippen molar-refractivity contribution in [3.05, 3.63) is 24.3 Å². The minimum atomic E-state index is -3.93. The summed E-state index contributed by atoms with van der Waals surface area (Å²) in [5.41, 5.74) is -1.55. The minimum absolute atomic E-state index is 0.0509. The fourth-order valence-electron chi connectivity index (χ4n) is 2.92. The summed E-state index contributed by atoms with van der Waals surface area (Å²) in [5, 5.41) is 9.61. The highest BCUT2D eigenvalue weighted by Crippen LogP contribution is 2.35. The maximum absolute atomic E-state index is 12.9. The Bertz CT molecular complexity index is 672. The van der Waals surface area contributed by atoms with E-state index in [1.165, 1.54) is 19.2 Å². The maximum atomic E-state index is 12.9. The Morgan fingerprint density at radius 3 is 2.54 bits per heavy atom. The first-order valence-corrected chi connectivity index (χ1v) is 9.30. The minimum Gasteiger partial charge on any atom is -0.494 e. The molecule has 134 valence electrons. The highest BCUT2D eigenvalue weighted by atomic mass is 32.2. The predicted molar refractivity (Wildman–Crippen MR) is 87.6 cm³/mol. The van der Waals surface area contributed by atoms with Gasteiger partial charge in [0.2, 0.25) is 10.0 Å². The first kappa shape index (κ1) is 18.7. The van der Waals surface area contributed by atoms with Crippen molar-refractivity contribution in [1.82, 2.24) is 4.31 Å². The third-order valence-electron chi connectivity index (χ3n) is 4.09. The van der Waals surface area contributed by atoms with Crippen molar-refractivity contribution in [1.29, 1.82) is 0 Å². The van der Waals surface area contributed by atoms with Gasteiger partial charge in [0.05, 0.1) is 18.1 Å². The van der Waals surface area contributed by atoms with Crippen LogP contribution in [0, 0.1) is 0 Å². The normalized spacial score (nSPS) is 21.8. The van der Waals surface area contributed by atoms with E-state index in [0.29, 0.717) is 18.8 Å². The molecule has 0 amide bonds. The fourth-order valence-corrected chi connectivity index (χ4v) is 4.70. The van der Waals surface area contributed by atoms with Crippen LogP contribution in [0.4, 0.5) is 0 Å². The quantitative estimate of drug-likeness (QED) is 0.762. The molecule has 7 nitrogen and oxygen atoms in total. The number of benzene rings is 1. The summed E-state index contributed by atoms with van der Waals surface area (Å²) in [6, 6.07) is 6.05. The summed E-state index contributed by atoms with van der Waals surface area (Å²) in [4.78, 5) is 11.8. The summed E-state index contributed by atoms with van der Waals surface area (Å²) >= 11 is 0. The average Bonchev–Trinajstić information content (AvgIpc) is 2.99. The number of nitrogens with zero attached hydrogens (tertiary/aromatic N) is 1. The van der Waals surface area contributed by atoms with Crippen LogP contribution in [0.2, 0.25) is 0 Å². The molecule has 1 aliphatic rings. The number of methoxy groups -OCH3 is 1. The van der Waals surface area contributed by atoms with Gasteiger partial charge in [0.25, 0.3) is 0 Å². The van der Waals surface area contributed by atoms with E-state index in [4.69, 9.17) is 9.47 Å². The number of rotatable bonds is 8. The van der Waals surface area contributed by atoms with Crippen LogP contribution in [0.3, 0.4) is 0 Å². The van der Waals surface area contributed by atoms with Gasteiger partial charge < -0.3 is 14.6 Å². The lowest BCUT2D eigenvalue weighted by atomic mass is 9.99. The largest absolute Gasteiger partial charge is 0.494 e. The van der Waals surface area contributed by atoms with Crippen molar-refractivity contribution in [2.75, 3.05) is 26.9 Å². The molecule has 1 aromatic carbocycles. The van der Waals surface area contributed by atoms with Crippen LogP contribution < -0.4 is 4.74 Å². The van der Waals surface area contributed by atoms with Gasteiger partial charge in [-0.15, -0.1) is 0 Å². The molecular formula is C16H23NO6S. The van der Waals surface area contributed by atoms with Crippen molar-refractivity contribution in [3.8, 4) is 5.75 Å². The number of aliphatic carboxylic acids is 1. The standard InChI is InChI=1S/C16H23NO6S/c1-3-11-23-13-5-7-14(8-6-13)24(20,21)17-10-4-9-16(17,12-22-2)15(18)19/h5-8H,3-4,9-12H2,1-2H3,(H,18,19). The molecule has 2 rings (SSSR count). The molecule has 1 heterocycles. The zero-order chi connectivity index (χ0) is 17.8. The van der Waals surface area contributed by atoms with E-state index in [2.05, 4.69) is 0 Å². The van der Waals surface area contributed by atoms with E-state index in [1.807, 2.05) is 6.92 Å². The first-order valence-electron chi connectivity index (χ1n) is 7.86. The van der Waals surface area contributed by atoms with Crippen molar-refractivity contribution in [2.45, 2.75) is 36.6 Å². The van der Waals surface area contributed by atoms with Crippen molar-refractivity contribution < 1.29 is 27.8 Å². The molecule has 8 heteroatoms. The molecule has 0 spiro atoms.